The summed E-state index contributed by atoms with van der Waals surface area (Å²) >= 11 is 0. The third-order valence-corrected chi connectivity index (χ3v) is 2.51. The molecule has 2 rings (SSSR count). The van der Waals surface area contributed by atoms with E-state index in [4.69, 9.17) is 5.11 Å². The van der Waals surface area contributed by atoms with E-state index >= 15 is 0 Å². The van der Waals surface area contributed by atoms with Crippen molar-refractivity contribution in [3.05, 3.63) is 47.9 Å². The quantitative estimate of drug-likeness (QED) is 0.857. The van der Waals surface area contributed by atoms with Crippen LogP contribution in [0.2, 0.25) is 0 Å². The predicted molar refractivity (Wildman–Crippen MR) is 66.9 cm³/mol. The lowest BCUT2D eigenvalue weighted by Crippen LogP contribution is -2.12. The standard InChI is InChI=1S/C13H12N2O4/c16-12(17)6-3-9-1-4-10(5-2-9)14-13(18)11-7-8-19-15-11/h1-2,4-5,7-8H,3,6H2,(H,14,18)(H,16,17). The monoisotopic (exact) mass is 260 g/mol. The molecule has 0 unspecified atom stereocenters. The molecule has 0 fully saturated rings. The Morgan fingerprint density at radius 2 is 1.95 bits per heavy atom. The number of carboxylic acids is 1. The minimum Gasteiger partial charge on any atom is -0.481 e. The molecule has 1 aromatic heterocycles. The zero-order valence-electron chi connectivity index (χ0n) is 10.00. The molecule has 0 spiro atoms. The largest absolute Gasteiger partial charge is 0.481 e. The van der Waals surface area contributed by atoms with E-state index in [1.165, 1.54) is 12.3 Å². The molecule has 6 nitrogen and oxygen atoms in total. The Morgan fingerprint density at radius 3 is 2.53 bits per heavy atom. The highest BCUT2D eigenvalue weighted by molar-refractivity contribution is 6.02. The summed E-state index contributed by atoms with van der Waals surface area (Å²) < 4.78 is 4.58. The summed E-state index contributed by atoms with van der Waals surface area (Å²) in [7, 11) is 0. The molecule has 98 valence electrons. The fraction of sp³-hybridized carbons (Fsp3) is 0.154. The summed E-state index contributed by atoms with van der Waals surface area (Å²) in [5.41, 5.74) is 1.73. The van der Waals surface area contributed by atoms with E-state index in [1.807, 2.05) is 0 Å². The lowest BCUT2D eigenvalue weighted by atomic mass is 10.1. The van der Waals surface area contributed by atoms with Gasteiger partial charge in [-0.25, -0.2) is 0 Å². The molecule has 0 bridgehead atoms. The molecule has 0 saturated heterocycles. The highest BCUT2D eigenvalue weighted by Gasteiger charge is 2.08. The number of hydrogen-bond donors (Lipinski definition) is 2. The minimum atomic E-state index is -0.830. The zero-order valence-corrected chi connectivity index (χ0v) is 10.00. The van der Waals surface area contributed by atoms with Gasteiger partial charge in [0.2, 0.25) is 0 Å². The van der Waals surface area contributed by atoms with Crippen molar-refractivity contribution in [2.45, 2.75) is 12.8 Å². The molecule has 0 atom stereocenters. The third kappa shape index (κ3) is 3.67. The van der Waals surface area contributed by atoms with Crippen LogP contribution < -0.4 is 5.32 Å². The molecule has 0 aliphatic heterocycles. The van der Waals surface area contributed by atoms with Crippen LogP contribution in [0.4, 0.5) is 5.69 Å². The maximum absolute atomic E-state index is 11.7. The number of nitrogens with zero attached hydrogens (tertiary/aromatic N) is 1. The second-order valence-electron chi connectivity index (χ2n) is 3.93. The van der Waals surface area contributed by atoms with Gasteiger partial charge in [0.25, 0.3) is 5.91 Å². The average molecular weight is 260 g/mol. The number of amides is 1. The number of nitrogens with one attached hydrogen (secondary N) is 1. The predicted octanol–water partition coefficient (Wildman–Crippen LogP) is 1.94. The van der Waals surface area contributed by atoms with Crippen LogP contribution in [0.1, 0.15) is 22.5 Å². The van der Waals surface area contributed by atoms with Gasteiger partial charge in [-0.15, -0.1) is 0 Å². The van der Waals surface area contributed by atoms with Gasteiger partial charge in [-0.05, 0) is 24.1 Å². The van der Waals surface area contributed by atoms with Crippen LogP contribution in [0, 0.1) is 0 Å². The van der Waals surface area contributed by atoms with Crippen molar-refractivity contribution in [1.82, 2.24) is 5.16 Å². The molecular formula is C13H12N2O4. The summed E-state index contributed by atoms with van der Waals surface area (Å²) in [6, 6.07) is 8.46. The zero-order chi connectivity index (χ0) is 13.7. The van der Waals surface area contributed by atoms with E-state index < -0.39 is 5.97 Å². The first-order valence-electron chi connectivity index (χ1n) is 5.67. The van der Waals surface area contributed by atoms with Crippen LogP contribution in [0.5, 0.6) is 0 Å². The van der Waals surface area contributed by atoms with E-state index in [1.54, 1.807) is 24.3 Å². The van der Waals surface area contributed by atoms with Crippen molar-refractivity contribution in [1.29, 1.82) is 0 Å². The van der Waals surface area contributed by atoms with Gasteiger partial charge in [0.15, 0.2) is 5.69 Å². The summed E-state index contributed by atoms with van der Waals surface area (Å²) in [5.74, 6) is -1.18. The Bertz CT molecular complexity index is 561. The van der Waals surface area contributed by atoms with Crippen LogP contribution in [-0.2, 0) is 11.2 Å². The van der Waals surface area contributed by atoms with Gasteiger partial charge in [0, 0.05) is 18.2 Å². The lowest BCUT2D eigenvalue weighted by molar-refractivity contribution is -0.136. The number of benzene rings is 1. The second-order valence-corrected chi connectivity index (χ2v) is 3.93. The Hall–Kier alpha value is -2.63. The maximum atomic E-state index is 11.7. The van der Waals surface area contributed by atoms with Crippen molar-refractivity contribution in [2.75, 3.05) is 5.32 Å². The highest BCUT2D eigenvalue weighted by Crippen LogP contribution is 2.12. The summed E-state index contributed by atoms with van der Waals surface area (Å²) in [6.45, 7) is 0. The fourth-order valence-electron chi connectivity index (χ4n) is 1.53. The Labute approximate surface area is 109 Å². The van der Waals surface area contributed by atoms with Crippen LogP contribution in [0.3, 0.4) is 0 Å². The summed E-state index contributed by atoms with van der Waals surface area (Å²) in [5, 5.41) is 14.8. The molecule has 0 aliphatic rings. The van der Waals surface area contributed by atoms with Crippen LogP contribution in [0.15, 0.2) is 41.1 Å². The molecule has 0 aliphatic carbocycles. The van der Waals surface area contributed by atoms with Crippen LogP contribution in [-0.4, -0.2) is 22.1 Å². The van der Waals surface area contributed by atoms with E-state index in [-0.39, 0.29) is 18.0 Å². The molecule has 1 amide bonds. The Kier molecular flexibility index (Phi) is 3.92. The van der Waals surface area contributed by atoms with Crippen LogP contribution in [0.25, 0.3) is 0 Å². The van der Waals surface area contributed by atoms with Gasteiger partial charge < -0.3 is 14.9 Å². The SMILES string of the molecule is O=C(O)CCc1ccc(NC(=O)c2ccon2)cc1. The first-order chi connectivity index (χ1) is 9.15. The van der Waals surface area contributed by atoms with Gasteiger partial charge >= 0.3 is 5.97 Å². The van der Waals surface area contributed by atoms with Crippen molar-refractivity contribution >= 4 is 17.6 Å². The smallest absolute Gasteiger partial charge is 0.303 e. The van der Waals surface area contributed by atoms with Crippen molar-refractivity contribution in [2.24, 2.45) is 0 Å². The van der Waals surface area contributed by atoms with Crippen molar-refractivity contribution in [3.8, 4) is 0 Å². The van der Waals surface area contributed by atoms with Gasteiger partial charge in [-0.2, -0.15) is 0 Å². The van der Waals surface area contributed by atoms with Crippen LogP contribution >= 0.6 is 0 Å². The maximum Gasteiger partial charge on any atom is 0.303 e. The fourth-order valence-corrected chi connectivity index (χ4v) is 1.53. The van der Waals surface area contributed by atoms with Gasteiger partial charge in [0.1, 0.15) is 6.26 Å². The number of hydrogen-bond acceptors (Lipinski definition) is 4. The van der Waals surface area contributed by atoms with E-state index in [9.17, 15) is 9.59 Å². The average Bonchev–Trinajstić information content (AvgIpc) is 2.92. The van der Waals surface area contributed by atoms with Crippen molar-refractivity contribution in [3.63, 3.8) is 0 Å². The summed E-state index contributed by atoms with van der Waals surface area (Å²) in [4.78, 5) is 22.1. The number of aromatic nitrogens is 1. The number of carbonyl (C=O) groups excluding carboxylic acids is 1. The third-order valence-electron chi connectivity index (χ3n) is 2.51. The minimum absolute atomic E-state index is 0.0879. The van der Waals surface area contributed by atoms with E-state index in [0.29, 0.717) is 12.1 Å². The number of rotatable bonds is 5. The number of aryl methyl sites for hydroxylation is 1. The normalized spacial score (nSPS) is 10.1. The van der Waals surface area contributed by atoms with Crippen molar-refractivity contribution < 1.29 is 19.2 Å². The first kappa shape index (κ1) is 12.8. The molecule has 0 saturated carbocycles. The van der Waals surface area contributed by atoms with Gasteiger partial charge in [-0.3, -0.25) is 9.59 Å². The number of carbonyl (C=O) groups is 2. The molecule has 2 aromatic rings. The van der Waals surface area contributed by atoms with E-state index in [2.05, 4.69) is 15.0 Å². The molecule has 1 aromatic carbocycles. The molecule has 0 radical (unpaired) electrons. The first-order valence-corrected chi connectivity index (χ1v) is 5.67. The lowest BCUT2D eigenvalue weighted by Gasteiger charge is -2.04. The second kappa shape index (κ2) is 5.81. The van der Waals surface area contributed by atoms with E-state index in [0.717, 1.165) is 5.56 Å². The number of carboxylic acid groups (broad SMARTS) is 1. The molecule has 6 heteroatoms. The topological polar surface area (TPSA) is 92.4 Å². The molecule has 2 N–H and O–H groups in total. The number of anilines is 1. The number of aliphatic carboxylic acids is 1. The molecule has 1 heterocycles. The molecular weight excluding hydrogens is 248 g/mol. The Morgan fingerprint density at radius 1 is 1.21 bits per heavy atom. The molecule has 19 heavy (non-hydrogen) atoms. The van der Waals surface area contributed by atoms with Gasteiger partial charge in [-0.1, -0.05) is 17.3 Å². The van der Waals surface area contributed by atoms with Gasteiger partial charge in [0.05, 0.1) is 0 Å². The highest BCUT2D eigenvalue weighted by atomic mass is 16.5. The Balaban J connectivity index is 1.95. The summed E-state index contributed by atoms with van der Waals surface area (Å²) in [6.07, 6.45) is 1.88.